The Morgan fingerprint density at radius 1 is 1.12 bits per heavy atom. The minimum atomic E-state index is -0.620. The number of piperidine rings is 1. The van der Waals surface area contributed by atoms with Gasteiger partial charge in [-0.15, -0.1) is 0 Å². The number of nitrogens with zero attached hydrogens (tertiary/aromatic N) is 2. The van der Waals surface area contributed by atoms with Crippen LogP contribution in [0.5, 0.6) is 0 Å². The average molecular weight is 335 g/mol. The number of rotatable bonds is 1. The molecule has 0 radical (unpaired) electrons. The van der Waals surface area contributed by atoms with Crippen LogP contribution in [-0.4, -0.2) is 20.9 Å². The fourth-order valence-electron chi connectivity index (χ4n) is 2.86. The molecule has 6 nitrogen and oxygen atoms in total. The number of hydrogen-bond donors (Lipinski definition) is 1. The highest BCUT2D eigenvalue weighted by Crippen LogP contribution is 2.24. The van der Waals surface area contributed by atoms with E-state index in [1.165, 1.54) is 4.57 Å². The highest BCUT2D eigenvalue weighted by atomic mass is 16.2. The van der Waals surface area contributed by atoms with Crippen molar-refractivity contribution in [2.24, 2.45) is 7.05 Å². The molecule has 134 valence electrons. The standard InChI is InChI=1S/C14H15N3O3.2C2H6.H2/c1-8-4-3-5-9-12(8)16(2)14(20)17(9)10-6-7-11(18)15-13(10)19;2*1-2;/h3-5,10H,6-7H2,1-2H3,(H,15,18,19);2*1-2H3;1H. The van der Waals surface area contributed by atoms with Gasteiger partial charge in [-0.3, -0.25) is 24.0 Å². The minimum absolute atomic E-state index is 0. The number of amides is 2. The highest BCUT2D eigenvalue weighted by molar-refractivity contribution is 6.00. The van der Waals surface area contributed by atoms with Crippen molar-refractivity contribution in [1.29, 1.82) is 0 Å². The van der Waals surface area contributed by atoms with E-state index < -0.39 is 11.9 Å². The van der Waals surface area contributed by atoms with Crippen LogP contribution in [0.2, 0.25) is 0 Å². The highest BCUT2D eigenvalue weighted by Gasteiger charge is 2.31. The number of aromatic nitrogens is 2. The van der Waals surface area contributed by atoms with Gasteiger partial charge in [-0.1, -0.05) is 39.8 Å². The van der Waals surface area contributed by atoms with Crippen molar-refractivity contribution < 1.29 is 11.0 Å². The van der Waals surface area contributed by atoms with E-state index in [4.69, 9.17) is 0 Å². The molecule has 2 aromatic rings. The first kappa shape index (κ1) is 19.7. The van der Waals surface area contributed by atoms with Crippen molar-refractivity contribution in [1.82, 2.24) is 14.5 Å². The van der Waals surface area contributed by atoms with E-state index in [1.54, 1.807) is 11.6 Å². The summed E-state index contributed by atoms with van der Waals surface area (Å²) in [6, 6.07) is 4.99. The van der Waals surface area contributed by atoms with Crippen LogP contribution in [-0.2, 0) is 16.6 Å². The molecule has 24 heavy (non-hydrogen) atoms. The maximum atomic E-state index is 12.4. The van der Waals surface area contributed by atoms with Gasteiger partial charge < -0.3 is 0 Å². The molecule has 1 fully saturated rings. The van der Waals surface area contributed by atoms with E-state index in [-0.39, 0.29) is 19.4 Å². The Kier molecular flexibility index (Phi) is 6.95. The number of hydrogen-bond acceptors (Lipinski definition) is 3. The zero-order valence-electron chi connectivity index (χ0n) is 15.3. The summed E-state index contributed by atoms with van der Waals surface area (Å²) in [6.45, 7) is 9.93. The molecule has 1 aromatic heterocycles. The maximum absolute atomic E-state index is 12.4. The van der Waals surface area contributed by atoms with Gasteiger partial charge in [0, 0.05) is 14.9 Å². The molecule has 0 aliphatic carbocycles. The van der Waals surface area contributed by atoms with Crippen molar-refractivity contribution in [3.63, 3.8) is 0 Å². The molecule has 0 bridgehead atoms. The number of imidazole rings is 1. The molecule has 0 saturated carbocycles. The van der Waals surface area contributed by atoms with E-state index >= 15 is 0 Å². The van der Waals surface area contributed by atoms with E-state index in [0.717, 1.165) is 16.6 Å². The van der Waals surface area contributed by atoms with Crippen molar-refractivity contribution in [2.75, 3.05) is 0 Å². The Balaban J connectivity index is 0.00000108. The lowest BCUT2D eigenvalue weighted by atomic mass is 10.1. The molecule has 1 aliphatic rings. The number of fused-ring (bicyclic) bond motifs is 1. The third-order valence-corrected chi connectivity index (χ3v) is 3.83. The van der Waals surface area contributed by atoms with E-state index in [2.05, 4.69) is 5.32 Å². The number of aryl methyl sites for hydroxylation is 2. The van der Waals surface area contributed by atoms with Crippen LogP contribution >= 0.6 is 0 Å². The lowest BCUT2D eigenvalue weighted by Gasteiger charge is -2.21. The number of carbonyl (C=O) groups is 2. The first-order valence-electron chi connectivity index (χ1n) is 8.51. The van der Waals surface area contributed by atoms with Crippen LogP contribution < -0.4 is 11.0 Å². The van der Waals surface area contributed by atoms with Gasteiger partial charge in [-0.25, -0.2) is 4.79 Å². The first-order chi connectivity index (χ1) is 11.5. The quantitative estimate of drug-likeness (QED) is 0.814. The summed E-state index contributed by atoms with van der Waals surface area (Å²) < 4.78 is 3.04. The zero-order chi connectivity index (χ0) is 18.4. The van der Waals surface area contributed by atoms with Crippen molar-refractivity contribution in [3.05, 3.63) is 34.2 Å². The monoisotopic (exact) mass is 335 g/mol. The Bertz CT molecular complexity index is 793. The number of imide groups is 1. The summed E-state index contributed by atoms with van der Waals surface area (Å²) in [6.07, 6.45) is 0.614. The fourth-order valence-corrected chi connectivity index (χ4v) is 2.86. The molecule has 2 heterocycles. The third kappa shape index (κ3) is 3.42. The largest absolute Gasteiger partial charge is 0.329 e. The lowest BCUT2D eigenvalue weighted by Crippen LogP contribution is -2.44. The molecule has 1 atom stereocenters. The fraction of sp³-hybridized carbons (Fsp3) is 0.500. The van der Waals surface area contributed by atoms with Gasteiger partial charge >= 0.3 is 5.69 Å². The second-order valence-corrected chi connectivity index (χ2v) is 5.12. The molecular formula is C18H29N3O3. The summed E-state index contributed by atoms with van der Waals surface area (Å²) in [7, 11) is 1.69. The number of para-hydroxylation sites is 1. The summed E-state index contributed by atoms with van der Waals surface area (Å²) in [5.74, 6) is -0.687. The second kappa shape index (κ2) is 8.47. The predicted molar refractivity (Wildman–Crippen MR) is 98.1 cm³/mol. The average Bonchev–Trinajstić information content (AvgIpc) is 2.84. The molecule has 3 rings (SSSR count). The summed E-state index contributed by atoms with van der Waals surface area (Å²) in [5.41, 5.74) is 2.30. The molecule has 1 aromatic carbocycles. The molecule has 1 aliphatic heterocycles. The Hall–Kier alpha value is -2.37. The van der Waals surface area contributed by atoms with Gasteiger partial charge in [-0.05, 0) is 25.0 Å². The Labute approximate surface area is 144 Å². The Morgan fingerprint density at radius 3 is 2.33 bits per heavy atom. The van der Waals surface area contributed by atoms with Gasteiger partial charge in [-0.2, -0.15) is 0 Å². The van der Waals surface area contributed by atoms with E-state index in [1.807, 2.05) is 52.8 Å². The van der Waals surface area contributed by atoms with Crippen LogP contribution in [0, 0.1) is 6.92 Å². The SMILES string of the molecule is CC.CC.Cc1cccc2c1n(C)c(=O)n2C1CCC(=O)NC1=O.[HH]. The van der Waals surface area contributed by atoms with Crippen molar-refractivity contribution >= 4 is 22.8 Å². The predicted octanol–water partition coefficient (Wildman–Crippen LogP) is 2.92. The molecule has 6 heteroatoms. The van der Waals surface area contributed by atoms with Crippen LogP contribution in [0.4, 0.5) is 0 Å². The van der Waals surface area contributed by atoms with Gasteiger partial charge in [0.25, 0.3) is 0 Å². The maximum Gasteiger partial charge on any atom is 0.329 e. The van der Waals surface area contributed by atoms with E-state index in [9.17, 15) is 14.4 Å². The molecule has 1 unspecified atom stereocenters. The first-order valence-corrected chi connectivity index (χ1v) is 8.51. The van der Waals surface area contributed by atoms with Crippen LogP contribution in [0.1, 0.15) is 53.6 Å². The topological polar surface area (TPSA) is 73.1 Å². The molecule has 2 amide bonds. The number of nitrogens with one attached hydrogen (secondary N) is 1. The number of carbonyl (C=O) groups excluding carboxylic acids is 2. The zero-order valence-corrected chi connectivity index (χ0v) is 15.3. The second-order valence-electron chi connectivity index (χ2n) is 5.12. The van der Waals surface area contributed by atoms with Crippen LogP contribution in [0.15, 0.2) is 23.0 Å². The van der Waals surface area contributed by atoms with Crippen LogP contribution in [0.25, 0.3) is 11.0 Å². The van der Waals surface area contributed by atoms with Crippen LogP contribution in [0.3, 0.4) is 0 Å². The van der Waals surface area contributed by atoms with Crippen molar-refractivity contribution in [3.8, 4) is 0 Å². The van der Waals surface area contributed by atoms with Gasteiger partial charge in [0.05, 0.1) is 11.0 Å². The summed E-state index contributed by atoms with van der Waals surface area (Å²) in [5, 5.41) is 2.30. The van der Waals surface area contributed by atoms with Crippen molar-refractivity contribution in [2.45, 2.75) is 53.5 Å². The number of benzene rings is 1. The summed E-state index contributed by atoms with van der Waals surface area (Å²) >= 11 is 0. The minimum Gasteiger partial charge on any atom is -0.295 e. The smallest absolute Gasteiger partial charge is 0.295 e. The molecular weight excluding hydrogens is 306 g/mol. The van der Waals surface area contributed by atoms with E-state index in [0.29, 0.717) is 6.42 Å². The summed E-state index contributed by atoms with van der Waals surface area (Å²) in [4.78, 5) is 35.7. The van der Waals surface area contributed by atoms with Gasteiger partial charge in [0.1, 0.15) is 6.04 Å². The lowest BCUT2D eigenvalue weighted by molar-refractivity contribution is -0.135. The Morgan fingerprint density at radius 2 is 1.75 bits per heavy atom. The third-order valence-electron chi connectivity index (χ3n) is 3.83. The molecule has 0 spiro atoms. The normalized spacial score (nSPS) is 16.7. The van der Waals surface area contributed by atoms with Gasteiger partial charge in [0.2, 0.25) is 11.8 Å². The van der Waals surface area contributed by atoms with Gasteiger partial charge in [0.15, 0.2) is 0 Å². The molecule has 1 saturated heterocycles. The molecule has 1 N–H and O–H groups in total.